The number of imidazole rings is 1. The van der Waals surface area contributed by atoms with Crippen LogP contribution >= 0.6 is 0 Å². The number of nitrogens with zero attached hydrogens (tertiary/aromatic N) is 2. The Morgan fingerprint density at radius 3 is 2.94 bits per heavy atom. The number of aryl methyl sites for hydroxylation is 2. The van der Waals surface area contributed by atoms with Crippen molar-refractivity contribution in [3.8, 4) is 0 Å². The van der Waals surface area contributed by atoms with Crippen LogP contribution in [0.5, 0.6) is 0 Å². The molecule has 2 aromatic rings. The standard InChI is InChI=1S/C12H17N3O/c1-8-14-11-6-9(5-10(16)7-13)3-4-12(11)15(8)2/h3-4,6,10,16H,5,7,13H2,1-2H3. The zero-order chi connectivity index (χ0) is 11.7. The Morgan fingerprint density at radius 2 is 2.25 bits per heavy atom. The molecule has 4 heteroatoms. The fourth-order valence-electron chi connectivity index (χ4n) is 1.85. The first-order valence-electron chi connectivity index (χ1n) is 5.42. The second kappa shape index (κ2) is 4.23. The summed E-state index contributed by atoms with van der Waals surface area (Å²) in [5.41, 5.74) is 8.55. The Morgan fingerprint density at radius 1 is 1.50 bits per heavy atom. The number of hydrogen-bond acceptors (Lipinski definition) is 3. The lowest BCUT2D eigenvalue weighted by Crippen LogP contribution is -2.21. The van der Waals surface area contributed by atoms with Gasteiger partial charge in [0.05, 0.1) is 17.1 Å². The first-order chi connectivity index (χ1) is 7.61. The van der Waals surface area contributed by atoms with Crippen LogP contribution in [0.15, 0.2) is 18.2 Å². The number of fused-ring (bicyclic) bond motifs is 1. The summed E-state index contributed by atoms with van der Waals surface area (Å²) >= 11 is 0. The number of aliphatic hydroxyl groups excluding tert-OH is 1. The van der Waals surface area contributed by atoms with Crippen LogP contribution in [0.2, 0.25) is 0 Å². The molecule has 16 heavy (non-hydrogen) atoms. The number of rotatable bonds is 3. The SMILES string of the molecule is Cc1nc2cc(CC(O)CN)ccc2n1C. The molecule has 4 nitrogen and oxygen atoms in total. The average Bonchev–Trinajstić information content (AvgIpc) is 2.54. The number of benzene rings is 1. The van der Waals surface area contributed by atoms with Crippen LogP contribution in [-0.2, 0) is 13.5 Å². The van der Waals surface area contributed by atoms with Crippen molar-refractivity contribution in [1.29, 1.82) is 0 Å². The Balaban J connectivity index is 2.37. The van der Waals surface area contributed by atoms with Gasteiger partial charge in [-0.25, -0.2) is 4.98 Å². The monoisotopic (exact) mass is 219 g/mol. The Hall–Kier alpha value is -1.39. The highest BCUT2D eigenvalue weighted by molar-refractivity contribution is 5.76. The maximum atomic E-state index is 9.49. The van der Waals surface area contributed by atoms with Crippen LogP contribution in [-0.4, -0.2) is 27.3 Å². The molecule has 0 radical (unpaired) electrons. The summed E-state index contributed by atoms with van der Waals surface area (Å²) in [6.45, 7) is 2.27. The van der Waals surface area contributed by atoms with Crippen LogP contribution in [0, 0.1) is 6.92 Å². The predicted octanol–water partition coefficient (Wildman–Crippen LogP) is 0.744. The maximum Gasteiger partial charge on any atom is 0.106 e. The molecule has 0 aliphatic rings. The van der Waals surface area contributed by atoms with Gasteiger partial charge in [-0.3, -0.25) is 0 Å². The van der Waals surface area contributed by atoms with Gasteiger partial charge in [0.15, 0.2) is 0 Å². The molecule has 3 N–H and O–H groups in total. The Kier molecular flexibility index (Phi) is 2.94. The zero-order valence-electron chi connectivity index (χ0n) is 9.64. The smallest absolute Gasteiger partial charge is 0.106 e. The predicted molar refractivity (Wildman–Crippen MR) is 64.2 cm³/mol. The van der Waals surface area contributed by atoms with Crippen LogP contribution in [0.3, 0.4) is 0 Å². The molecule has 1 heterocycles. The first-order valence-corrected chi connectivity index (χ1v) is 5.42. The third-order valence-corrected chi connectivity index (χ3v) is 2.91. The summed E-state index contributed by atoms with van der Waals surface area (Å²) in [6, 6.07) is 6.07. The number of aromatic nitrogens is 2. The first kappa shape index (κ1) is 11.1. The molecule has 1 atom stereocenters. The van der Waals surface area contributed by atoms with Gasteiger partial charge in [0, 0.05) is 13.6 Å². The highest BCUT2D eigenvalue weighted by Gasteiger charge is 2.07. The lowest BCUT2D eigenvalue weighted by atomic mass is 10.1. The van der Waals surface area contributed by atoms with Crippen molar-refractivity contribution in [1.82, 2.24) is 9.55 Å². The van der Waals surface area contributed by atoms with Crippen LogP contribution < -0.4 is 5.73 Å². The van der Waals surface area contributed by atoms with Crippen molar-refractivity contribution >= 4 is 11.0 Å². The molecule has 1 aromatic heterocycles. The van der Waals surface area contributed by atoms with Gasteiger partial charge < -0.3 is 15.4 Å². The summed E-state index contributed by atoms with van der Waals surface area (Å²) in [4.78, 5) is 4.46. The van der Waals surface area contributed by atoms with E-state index in [2.05, 4.69) is 9.55 Å². The fourth-order valence-corrected chi connectivity index (χ4v) is 1.85. The van der Waals surface area contributed by atoms with Gasteiger partial charge in [-0.1, -0.05) is 6.07 Å². The number of aliphatic hydroxyl groups is 1. The molecule has 0 spiro atoms. The number of hydrogen-bond donors (Lipinski definition) is 2. The van der Waals surface area contributed by atoms with Crippen molar-refractivity contribution < 1.29 is 5.11 Å². The van der Waals surface area contributed by atoms with Gasteiger partial charge in [0.1, 0.15) is 5.82 Å². The van der Waals surface area contributed by atoms with Crippen LogP contribution in [0.1, 0.15) is 11.4 Å². The van der Waals surface area contributed by atoms with E-state index in [-0.39, 0.29) is 0 Å². The van der Waals surface area contributed by atoms with Gasteiger partial charge in [-0.05, 0) is 31.0 Å². The Labute approximate surface area is 94.7 Å². The molecule has 86 valence electrons. The van der Waals surface area contributed by atoms with E-state index in [0.29, 0.717) is 13.0 Å². The highest BCUT2D eigenvalue weighted by atomic mass is 16.3. The summed E-state index contributed by atoms with van der Waals surface area (Å²) in [5, 5.41) is 9.49. The highest BCUT2D eigenvalue weighted by Crippen LogP contribution is 2.17. The molecule has 0 aliphatic carbocycles. The lowest BCUT2D eigenvalue weighted by molar-refractivity contribution is 0.183. The summed E-state index contributed by atoms with van der Waals surface area (Å²) in [5.74, 6) is 0.992. The molecule has 0 bridgehead atoms. The van der Waals surface area contributed by atoms with Crippen LogP contribution in [0.4, 0.5) is 0 Å². The summed E-state index contributed by atoms with van der Waals surface area (Å²) in [6.07, 6.45) is 0.115. The van der Waals surface area contributed by atoms with Gasteiger partial charge in [0.2, 0.25) is 0 Å². The molecule has 1 unspecified atom stereocenters. The number of nitrogens with two attached hydrogens (primary N) is 1. The minimum absolute atomic E-state index is 0.291. The molecule has 1 aromatic carbocycles. The van der Waals surface area contributed by atoms with Crippen molar-refractivity contribution in [2.24, 2.45) is 12.8 Å². The molecule has 0 amide bonds. The molecule has 0 saturated carbocycles. The van der Waals surface area contributed by atoms with Gasteiger partial charge in [-0.2, -0.15) is 0 Å². The second-order valence-electron chi connectivity index (χ2n) is 4.13. The molecule has 0 saturated heterocycles. The zero-order valence-corrected chi connectivity index (χ0v) is 9.64. The van der Waals surface area contributed by atoms with E-state index in [0.717, 1.165) is 22.4 Å². The minimum atomic E-state index is -0.470. The van der Waals surface area contributed by atoms with E-state index < -0.39 is 6.10 Å². The van der Waals surface area contributed by atoms with Crippen molar-refractivity contribution in [2.45, 2.75) is 19.4 Å². The van der Waals surface area contributed by atoms with E-state index in [4.69, 9.17) is 5.73 Å². The Bertz CT molecular complexity index is 504. The quantitative estimate of drug-likeness (QED) is 0.800. The molecule has 2 rings (SSSR count). The van der Waals surface area contributed by atoms with E-state index in [1.807, 2.05) is 32.2 Å². The van der Waals surface area contributed by atoms with Crippen LogP contribution in [0.25, 0.3) is 11.0 Å². The van der Waals surface area contributed by atoms with Gasteiger partial charge >= 0.3 is 0 Å². The minimum Gasteiger partial charge on any atom is -0.391 e. The van der Waals surface area contributed by atoms with Crippen molar-refractivity contribution in [3.05, 3.63) is 29.6 Å². The third-order valence-electron chi connectivity index (χ3n) is 2.91. The van der Waals surface area contributed by atoms with Crippen molar-refractivity contribution in [3.63, 3.8) is 0 Å². The largest absolute Gasteiger partial charge is 0.391 e. The van der Waals surface area contributed by atoms with Gasteiger partial charge in [-0.15, -0.1) is 0 Å². The van der Waals surface area contributed by atoms with E-state index in [1.54, 1.807) is 0 Å². The van der Waals surface area contributed by atoms with E-state index >= 15 is 0 Å². The lowest BCUT2D eigenvalue weighted by Gasteiger charge is -2.07. The maximum absolute atomic E-state index is 9.49. The molecule has 0 fully saturated rings. The van der Waals surface area contributed by atoms with E-state index in [9.17, 15) is 5.11 Å². The average molecular weight is 219 g/mol. The normalized spacial score (nSPS) is 13.2. The van der Waals surface area contributed by atoms with E-state index in [1.165, 1.54) is 0 Å². The van der Waals surface area contributed by atoms with Crippen molar-refractivity contribution in [2.75, 3.05) is 6.54 Å². The summed E-state index contributed by atoms with van der Waals surface area (Å²) in [7, 11) is 2.00. The van der Waals surface area contributed by atoms with Gasteiger partial charge in [0.25, 0.3) is 0 Å². The topological polar surface area (TPSA) is 64.1 Å². The fraction of sp³-hybridized carbons (Fsp3) is 0.417. The second-order valence-corrected chi connectivity index (χ2v) is 4.13. The third kappa shape index (κ3) is 1.94. The summed E-state index contributed by atoms with van der Waals surface area (Å²) < 4.78 is 2.05. The molecular weight excluding hydrogens is 202 g/mol. The molecular formula is C12H17N3O. The molecule has 0 aliphatic heterocycles.